The van der Waals surface area contributed by atoms with Gasteiger partial charge in [-0.1, -0.05) is 6.58 Å². The van der Waals surface area contributed by atoms with Crippen molar-refractivity contribution >= 4 is 21.7 Å². The van der Waals surface area contributed by atoms with Gasteiger partial charge in [-0.3, -0.25) is 4.79 Å². The molecule has 3 rings (SSSR count). The Hall–Kier alpha value is -2.89. The van der Waals surface area contributed by atoms with E-state index in [0.29, 0.717) is 5.41 Å². The van der Waals surface area contributed by atoms with Crippen molar-refractivity contribution in [3.8, 4) is 5.69 Å². The number of halogens is 4. The second-order valence-corrected chi connectivity index (χ2v) is 7.66. The number of nitrogens with zero attached hydrogens (tertiary/aromatic N) is 3. The molecule has 12 heteroatoms. The van der Waals surface area contributed by atoms with Crippen molar-refractivity contribution in [2.45, 2.75) is 12.1 Å². The van der Waals surface area contributed by atoms with Gasteiger partial charge in [-0.05, 0) is 24.3 Å². The molecule has 2 aromatic rings. The minimum absolute atomic E-state index is 0.0763. The van der Waals surface area contributed by atoms with Crippen molar-refractivity contribution in [3.63, 3.8) is 0 Å². The summed E-state index contributed by atoms with van der Waals surface area (Å²) in [5.74, 6) is -5.38. The fourth-order valence-corrected chi connectivity index (χ4v) is 3.07. The first-order valence-corrected chi connectivity index (χ1v) is 9.39. The van der Waals surface area contributed by atoms with Crippen LogP contribution in [0.15, 0.2) is 42.3 Å². The van der Waals surface area contributed by atoms with Gasteiger partial charge in [-0.15, -0.1) is 0 Å². The number of alkyl halides is 3. The Morgan fingerprint density at radius 2 is 1.96 bits per heavy atom. The van der Waals surface area contributed by atoms with Gasteiger partial charge in [0.15, 0.2) is 11.9 Å². The summed E-state index contributed by atoms with van der Waals surface area (Å²) >= 11 is 0. The number of amides is 1. The summed E-state index contributed by atoms with van der Waals surface area (Å²) in [6.45, 7) is 1.42. The molecule has 150 valence electrons. The van der Waals surface area contributed by atoms with E-state index in [1.807, 2.05) is 0 Å². The summed E-state index contributed by atoms with van der Waals surface area (Å²) in [6, 6.07) is 5.76. The molecule has 0 radical (unpaired) electrons. The van der Waals surface area contributed by atoms with Crippen LogP contribution >= 0.6 is 0 Å². The van der Waals surface area contributed by atoms with Gasteiger partial charge in [-0.25, -0.2) is 35.4 Å². The Kier molecular flexibility index (Phi) is 4.91. The Bertz CT molecular complexity index is 1020. The fraction of sp³-hybridized carbons (Fsp3) is 0.250. The summed E-state index contributed by atoms with van der Waals surface area (Å²) in [6.07, 6.45) is -2.43. The third-order valence-electron chi connectivity index (χ3n) is 4.01. The van der Waals surface area contributed by atoms with E-state index in [4.69, 9.17) is 0 Å². The zero-order valence-electron chi connectivity index (χ0n) is 14.1. The quantitative estimate of drug-likeness (QED) is 0.751. The molecule has 1 amide bonds. The van der Waals surface area contributed by atoms with Gasteiger partial charge in [0.05, 0.1) is 18.8 Å². The lowest BCUT2D eigenvalue weighted by molar-refractivity contribution is -0.0349. The van der Waals surface area contributed by atoms with E-state index in [-0.39, 0.29) is 11.5 Å². The molecule has 1 N–H and O–H groups in total. The summed E-state index contributed by atoms with van der Waals surface area (Å²) in [5.41, 5.74) is -0.219. The number of carbonyl (C=O) groups is 1. The van der Waals surface area contributed by atoms with Crippen LogP contribution in [0.4, 0.5) is 23.4 Å². The minimum atomic E-state index is -4.12. The molecule has 0 bridgehead atoms. The van der Waals surface area contributed by atoms with E-state index >= 15 is 0 Å². The van der Waals surface area contributed by atoms with E-state index in [0.717, 1.165) is 27.8 Å². The highest BCUT2D eigenvalue weighted by molar-refractivity contribution is 7.92. The maximum Gasteiger partial charge on any atom is 0.297 e. The van der Waals surface area contributed by atoms with E-state index in [2.05, 4.69) is 11.7 Å². The number of hydrogen-bond acceptors (Lipinski definition) is 5. The molecule has 1 fully saturated rings. The lowest BCUT2D eigenvalue weighted by Crippen LogP contribution is -2.29. The minimum Gasteiger partial charge on any atom is -0.347 e. The third-order valence-corrected chi connectivity index (χ3v) is 4.92. The van der Waals surface area contributed by atoms with Crippen LogP contribution in [0.2, 0.25) is 0 Å². The lowest BCUT2D eigenvalue weighted by Gasteiger charge is -2.18. The normalized spacial score (nSPS) is 18.9. The Balaban J connectivity index is 2.04. The molecule has 0 aliphatic carbocycles. The van der Waals surface area contributed by atoms with Crippen LogP contribution in [0.3, 0.4) is 0 Å². The molecule has 0 saturated carbocycles. The van der Waals surface area contributed by atoms with Gasteiger partial charge in [0.1, 0.15) is 11.6 Å². The number of nitrogens with one attached hydrogen (secondary N) is 1. The molecule has 2 heterocycles. The Labute approximate surface area is 157 Å². The van der Waals surface area contributed by atoms with Crippen LogP contribution in [0.25, 0.3) is 5.69 Å². The molecule has 1 aliphatic rings. The lowest BCUT2D eigenvalue weighted by atomic mass is 10.3. The van der Waals surface area contributed by atoms with Crippen molar-refractivity contribution in [1.29, 1.82) is 0 Å². The molecule has 28 heavy (non-hydrogen) atoms. The number of anilines is 1. The van der Waals surface area contributed by atoms with Gasteiger partial charge >= 0.3 is 0 Å². The molecule has 1 aromatic carbocycles. The van der Waals surface area contributed by atoms with Crippen LogP contribution in [-0.4, -0.2) is 49.3 Å². The monoisotopic (exact) mass is 418 g/mol. The van der Waals surface area contributed by atoms with Crippen LogP contribution in [0, 0.1) is 5.82 Å². The molecule has 7 nitrogen and oxygen atoms in total. The highest BCUT2D eigenvalue weighted by atomic mass is 32.2. The summed E-state index contributed by atoms with van der Waals surface area (Å²) in [7, 11) is -4.12. The van der Waals surface area contributed by atoms with Crippen LogP contribution < -0.4 is 9.62 Å². The van der Waals surface area contributed by atoms with Crippen molar-refractivity contribution in [2.75, 3.05) is 18.0 Å². The average molecular weight is 418 g/mol. The largest absolute Gasteiger partial charge is 0.347 e. The second-order valence-electron chi connectivity index (χ2n) is 6.03. The number of benzene rings is 1. The molecule has 1 atom stereocenters. The topological polar surface area (TPSA) is 84.3 Å². The predicted molar refractivity (Wildman–Crippen MR) is 92.2 cm³/mol. The molecular formula is C16H14F4N4O3S. The van der Waals surface area contributed by atoms with Gasteiger partial charge in [0.2, 0.25) is 0 Å². The average Bonchev–Trinajstić information content (AvgIpc) is 3.17. The van der Waals surface area contributed by atoms with Crippen molar-refractivity contribution in [1.82, 2.24) is 14.5 Å². The number of sulfonamides is 1. The van der Waals surface area contributed by atoms with Crippen molar-refractivity contribution < 1.29 is 30.8 Å². The molecule has 1 aliphatic heterocycles. The predicted octanol–water partition coefficient (Wildman–Crippen LogP) is 2.01. The van der Waals surface area contributed by atoms with Crippen molar-refractivity contribution in [2.24, 2.45) is 0 Å². The third kappa shape index (κ3) is 3.86. The molecule has 0 unspecified atom stereocenters. The van der Waals surface area contributed by atoms with Gasteiger partial charge in [0.25, 0.3) is 21.9 Å². The number of hydrogen-bond donors (Lipinski definition) is 1. The van der Waals surface area contributed by atoms with Gasteiger partial charge in [0, 0.05) is 11.5 Å². The summed E-state index contributed by atoms with van der Waals surface area (Å²) < 4.78 is 79.7. The van der Waals surface area contributed by atoms with E-state index < -0.39 is 52.6 Å². The standard InChI is InChI=1S/C16H14F4N4O3S/c1-2-28(26,27)22-15(25)12-7-14(23-8-13(18)16(19,20)9-23)24(21-12)11-5-3-10(17)4-6-11/h2-7,13H,1,8-9H2,(H,22,25)/t13-/m1/s1. The summed E-state index contributed by atoms with van der Waals surface area (Å²) in [4.78, 5) is 13.1. The first-order valence-electron chi connectivity index (χ1n) is 7.85. The number of aromatic nitrogens is 2. The maximum atomic E-state index is 13.6. The SMILES string of the molecule is C=CS(=O)(=O)NC(=O)c1cc(N2C[C@@H](F)C(F)(F)C2)n(-c2ccc(F)cc2)n1. The van der Waals surface area contributed by atoms with Gasteiger partial charge in [-0.2, -0.15) is 5.10 Å². The van der Waals surface area contributed by atoms with Gasteiger partial charge < -0.3 is 4.90 Å². The number of rotatable bonds is 5. The van der Waals surface area contributed by atoms with Crippen LogP contribution in [0.1, 0.15) is 10.5 Å². The zero-order chi connectivity index (χ0) is 20.7. The molecular weight excluding hydrogens is 404 g/mol. The Morgan fingerprint density at radius 3 is 2.50 bits per heavy atom. The van der Waals surface area contributed by atoms with E-state index in [1.165, 1.54) is 12.1 Å². The maximum absolute atomic E-state index is 13.6. The van der Waals surface area contributed by atoms with E-state index in [1.54, 1.807) is 4.72 Å². The highest BCUT2D eigenvalue weighted by Gasteiger charge is 2.49. The first kappa shape index (κ1) is 19.9. The molecule has 0 spiro atoms. The zero-order valence-corrected chi connectivity index (χ0v) is 15.0. The fourth-order valence-electron chi connectivity index (χ4n) is 2.62. The van der Waals surface area contributed by atoms with Crippen LogP contribution in [0.5, 0.6) is 0 Å². The smallest absolute Gasteiger partial charge is 0.297 e. The van der Waals surface area contributed by atoms with Crippen molar-refractivity contribution in [3.05, 3.63) is 53.8 Å². The summed E-state index contributed by atoms with van der Waals surface area (Å²) in [5, 5.41) is 4.43. The van der Waals surface area contributed by atoms with E-state index in [9.17, 15) is 30.8 Å². The first-order chi connectivity index (χ1) is 13.0. The Morgan fingerprint density at radius 1 is 1.32 bits per heavy atom. The molecule has 1 saturated heterocycles. The molecule has 1 aromatic heterocycles. The number of carbonyl (C=O) groups excluding carboxylic acids is 1. The second kappa shape index (κ2) is 6.93. The van der Waals surface area contributed by atoms with Crippen LogP contribution in [-0.2, 0) is 10.0 Å². The highest BCUT2D eigenvalue weighted by Crippen LogP contribution is 2.34.